The summed E-state index contributed by atoms with van der Waals surface area (Å²) in [5, 5.41) is 6.40. The number of furan rings is 1. The molecule has 0 atom stereocenters. The first-order valence-electron chi connectivity index (χ1n) is 12.8. The normalized spacial score (nSPS) is 11.6. The maximum absolute atomic E-state index is 6.29. The first-order chi connectivity index (χ1) is 19.3. The quantitative estimate of drug-likeness (QED) is 0.243. The van der Waals surface area contributed by atoms with Crippen LogP contribution < -0.4 is 0 Å². The van der Waals surface area contributed by atoms with Crippen molar-refractivity contribution >= 4 is 43.5 Å². The highest BCUT2D eigenvalue weighted by atomic mass is 16.3. The Hall–Kier alpha value is -5.42. The zero-order valence-electron chi connectivity index (χ0n) is 20.7. The maximum atomic E-state index is 6.29. The Kier molecular flexibility index (Phi) is 4.76. The van der Waals surface area contributed by atoms with Gasteiger partial charge < -0.3 is 4.42 Å². The predicted octanol–water partition coefficient (Wildman–Crippen LogP) is 8.47. The molecule has 0 saturated carbocycles. The van der Waals surface area contributed by atoms with E-state index in [1.54, 1.807) is 6.20 Å². The third kappa shape index (κ3) is 3.55. The molecule has 0 spiro atoms. The van der Waals surface area contributed by atoms with Crippen LogP contribution in [0, 0.1) is 0 Å². The van der Waals surface area contributed by atoms with Gasteiger partial charge in [-0.1, -0.05) is 91.0 Å². The fourth-order valence-corrected chi connectivity index (χ4v) is 5.30. The van der Waals surface area contributed by atoms with Crippen molar-refractivity contribution in [2.24, 2.45) is 0 Å². The summed E-state index contributed by atoms with van der Waals surface area (Å²) < 4.78 is 6.29. The number of pyridine rings is 1. The number of hydrogen-bond donors (Lipinski definition) is 0. The van der Waals surface area contributed by atoms with Gasteiger partial charge in [-0.2, -0.15) is 0 Å². The Morgan fingerprint density at radius 1 is 0.487 bits per heavy atom. The van der Waals surface area contributed by atoms with Crippen LogP contribution in [0.1, 0.15) is 0 Å². The molecule has 0 saturated heterocycles. The number of fused-ring (bicyclic) bond motifs is 6. The number of hydrogen-bond acceptors (Lipinski definition) is 5. The Balaban J connectivity index is 1.38. The minimum Gasteiger partial charge on any atom is -0.455 e. The van der Waals surface area contributed by atoms with Crippen LogP contribution in [0.25, 0.3) is 77.6 Å². The van der Waals surface area contributed by atoms with Gasteiger partial charge in [0.2, 0.25) is 0 Å². The van der Waals surface area contributed by atoms with Crippen LogP contribution in [0.15, 0.2) is 126 Å². The molecule has 0 aliphatic heterocycles. The molecule has 8 aromatic rings. The van der Waals surface area contributed by atoms with Crippen LogP contribution in [0.3, 0.4) is 0 Å². The topological polar surface area (TPSA) is 64.7 Å². The SMILES string of the molecule is c1ccc(-c2nc(-c3ccc4ccccc4c3)nc(-c3cccc4c3ccc3c5cnccc5oc43)n2)cc1. The van der Waals surface area contributed by atoms with Crippen molar-refractivity contribution < 1.29 is 4.42 Å². The summed E-state index contributed by atoms with van der Waals surface area (Å²) in [4.78, 5) is 19.2. The second-order valence-corrected chi connectivity index (χ2v) is 9.55. The molecular weight excluding hydrogens is 480 g/mol. The van der Waals surface area contributed by atoms with Gasteiger partial charge in [0, 0.05) is 45.2 Å². The molecule has 5 heteroatoms. The van der Waals surface area contributed by atoms with Crippen molar-refractivity contribution in [3.8, 4) is 34.2 Å². The zero-order valence-corrected chi connectivity index (χ0v) is 20.7. The lowest BCUT2D eigenvalue weighted by Gasteiger charge is -2.11. The van der Waals surface area contributed by atoms with E-state index in [0.717, 1.165) is 54.8 Å². The number of benzene rings is 5. The maximum Gasteiger partial charge on any atom is 0.164 e. The third-order valence-electron chi connectivity index (χ3n) is 7.21. The number of aromatic nitrogens is 4. The average molecular weight is 501 g/mol. The van der Waals surface area contributed by atoms with E-state index in [1.165, 1.54) is 5.39 Å². The summed E-state index contributed by atoms with van der Waals surface area (Å²) >= 11 is 0. The highest BCUT2D eigenvalue weighted by molar-refractivity contribution is 6.16. The van der Waals surface area contributed by atoms with E-state index in [4.69, 9.17) is 19.4 Å². The summed E-state index contributed by atoms with van der Waals surface area (Å²) in [6, 6.07) is 37.0. The Morgan fingerprint density at radius 3 is 2.13 bits per heavy atom. The fraction of sp³-hybridized carbons (Fsp3) is 0. The first-order valence-corrected chi connectivity index (χ1v) is 12.8. The minimum absolute atomic E-state index is 0.620. The molecule has 0 unspecified atom stereocenters. The second kappa shape index (κ2) is 8.57. The van der Waals surface area contributed by atoms with E-state index >= 15 is 0 Å². The van der Waals surface area contributed by atoms with E-state index in [9.17, 15) is 0 Å². The van der Waals surface area contributed by atoms with Crippen LogP contribution in [-0.4, -0.2) is 19.9 Å². The van der Waals surface area contributed by atoms with Gasteiger partial charge in [-0.15, -0.1) is 0 Å². The Bertz CT molecular complexity index is 2180. The van der Waals surface area contributed by atoms with Gasteiger partial charge in [0.1, 0.15) is 11.2 Å². The van der Waals surface area contributed by atoms with E-state index in [1.807, 2.05) is 60.8 Å². The van der Waals surface area contributed by atoms with E-state index < -0.39 is 0 Å². The molecule has 3 heterocycles. The summed E-state index contributed by atoms with van der Waals surface area (Å²) in [5.41, 5.74) is 4.47. The molecular formula is C34H20N4O. The van der Waals surface area contributed by atoms with Gasteiger partial charge in [-0.3, -0.25) is 4.98 Å². The van der Waals surface area contributed by atoms with Crippen molar-refractivity contribution in [2.75, 3.05) is 0 Å². The summed E-state index contributed by atoms with van der Waals surface area (Å²) in [6.45, 7) is 0. The van der Waals surface area contributed by atoms with Gasteiger partial charge in [0.15, 0.2) is 17.5 Å². The molecule has 0 amide bonds. The molecule has 0 aliphatic rings. The molecule has 39 heavy (non-hydrogen) atoms. The highest BCUT2D eigenvalue weighted by Crippen LogP contribution is 2.37. The van der Waals surface area contributed by atoms with Gasteiger partial charge in [0.25, 0.3) is 0 Å². The van der Waals surface area contributed by atoms with E-state index in [2.05, 4.69) is 59.6 Å². The molecule has 8 rings (SSSR count). The lowest BCUT2D eigenvalue weighted by Crippen LogP contribution is -2.00. The van der Waals surface area contributed by atoms with E-state index in [0.29, 0.717) is 17.5 Å². The third-order valence-corrected chi connectivity index (χ3v) is 7.21. The summed E-state index contributed by atoms with van der Waals surface area (Å²) in [5.74, 6) is 1.89. The molecule has 0 fully saturated rings. The highest BCUT2D eigenvalue weighted by Gasteiger charge is 2.17. The Labute approximate surface area is 223 Å². The average Bonchev–Trinajstić information content (AvgIpc) is 3.40. The standard InChI is InChI=1S/C34H20N4O/c1-2-8-22(9-3-1)32-36-33(24-14-13-21-7-4-5-10-23(21)19-24)38-34(37-32)28-12-6-11-26-25(28)15-16-27-29-20-35-18-17-30(29)39-31(26)27/h1-20H. The van der Waals surface area contributed by atoms with Crippen molar-refractivity contribution in [1.29, 1.82) is 0 Å². The molecule has 5 aromatic carbocycles. The molecule has 3 aromatic heterocycles. The van der Waals surface area contributed by atoms with Crippen LogP contribution in [-0.2, 0) is 0 Å². The van der Waals surface area contributed by atoms with Gasteiger partial charge in [-0.25, -0.2) is 15.0 Å². The largest absolute Gasteiger partial charge is 0.455 e. The molecule has 5 nitrogen and oxygen atoms in total. The van der Waals surface area contributed by atoms with Crippen LogP contribution in [0.5, 0.6) is 0 Å². The first kappa shape index (κ1) is 21.6. The van der Waals surface area contributed by atoms with Crippen molar-refractivity contribution in [3.63, 3.8) is 0 Å². The monoisotopic (exact) mass is 500 g/mol. The zero-order chi connectivity index (χ0) is 25.8. The van der Waals surface area contributed by atoms with Crippen molar-refractivity contribution in [3.05, 3.63) is 122 Å². The second-order valence-electron chi connectivity index (χ2n) is 9.55. The number of nitrogens with zero attached hydrogens (tertiary/aromatic N) is 4. The predicted molar refractivity (Wildman–Crippen MR) is 156 cm³/mol. The summed E-state index contributed by atoms with van der Waals surface area (Å²) in [7, 11) is 0. The minimum atomic E-state index is 0.620. The van der Waals surface area contributed by atoms with Crippen LogP contribution in [0.4, 0.5) is 0 Å². The fourth-order valence-electron chi connectivity index (χ4n) is 5.30. The molecule has 0 bridgehead atoms. The molecule has 182 valence electrons. The van der Waals surface area contributed by atoms with Gasteiger partial charge in [-0.05, 0) is 34.4 Å². The van der Waals surface area contributed by atoms with Crippen molar-refractivity contribution in [2.45, 2.75) is 0 Å². The molecule has 0 N–H and O–H groups in total. The van der Waals surface area contributed by atoms with Crippen LogP contribution in [0.2, 0.25) is 0 Å². The Morgan fingerprint density at radius 2 is 1.23 bits per heavy atom. The number of rotatable bonds is 3. The molecule has 0 radical (unpaired) electrons. The van der Waals surface area contributed by atoms with Crippen molar-refractivity contribution in [1.82, 2.24) is 19.9 Å². The molecule has 0 aliphatic carbocycles. The van der Waals surface area contributed by atoms with Crippen LogP contribution >= 0.6 is 0 Å². The smallest absolute Gasteiger partial charge is 0.164 e. The lowest BCUT2D eigenvalue weighted by atomic mass is 10.0. The lowest BCUT2D eigenvalue weighted by molar-refractivity contribution is 0.672. The summed E-state index contributed by atoms with van der Waals surface area (Å²) in [6.07, 6.45) is 3.60. The van der Waals surface area contributed by atoms with E-state index in [-0.39, 0.29) is 0 Å². The van der Waals surface area contributed by atoms with Gasteiger partial charge in [0.05, 0.1) is 0 Å². The van der Waals surface area contributed by atoms with Gasteiger partial charge >= 0.3 is 0 Å².